The Morgan fingerprint density at radius 1 is 1.47 bits per heavy atom. The van der Waals surface area contributed by atoms with Crippen LogP contribution in [-0.2, 0) is 0 Å². The highest BCUT2D eigenvalue weighted by Gasteiger charge is 2.20. The highest BCUT2D eigenvalue weighted by atomic mass is 32.1. The maximum absolute atomic E-state index is 11.7. The summed E-state index contributed by atoms with van der Waals surface area (Å²) in [6.45, 7) is 0. The molecular formula is C10H15N3OS. The van der Waals surface area contributed by atoms with Crippen LogP contribution in [0.5, 0.6) is 0 Å². The van der Waals surface area contributed by atoms with E-state index in [1.165, 1.54) is 11.3 Å². The first-order valence-electron chi connectivity index (χ1n) is 5.20. The Kier molecular flexibility index (Phi) is 3.33. The first-order valence-corrected chi connectivity index (χ1v) is 6.08. The lowest BCUT2D eigenvalue weighted by molar-refractivity contribution is 0.0930. The number of nitrogens with zero attached hydrogens (tertiary/aromatic N) is 1. The van der Waals surface area contributed by atoms with E-state index in [0.717, 1.165) is 25.7 Å². The quantitative estimate of drug-likeness (QED) is 0.793. The molecule has 2 rings (SSSR count). The third-order valence-electron chi connectivity index (χ3n) is 2.76. The Labute approximate surface area is 92.9 Å². The number of carbonyl (C=O) groups is 1. The van der Waals surface area contributed by atoms with E-state index in [-0.39, 0.29) is 5.91 Å². The second kappa shape index (κ2) is 4.72. The molecule has 3 N–H and O–H groups in total. The fourth-order valence-electron chi connectivity index (χ4n) is 1.85. The Bertz CT molecular complexity index is 317. The third-order valence-corrected chi connectivity index (χ3v) is 3.54. The molecule has 5 heteroatoms. The average Bonchev–Trinajstić information content (AvgIpc) is 2.74. The summed E-state index contributed by atoms with van der Waals surface area (Å²) < 4.78 is 0. The van der Waals surface area contributed by atoms with E-state index in [2.05, 4.69) is 10.3 Å². The van der Waals surface area contributed by atoms with Crippen molar-refractivity contribution in [3.05, 3.63) is 16.6 Å². The van der Waals surface area contributed by atoms with Crippen molar-refractivity contribution in [1.29, 1.82) is 0 Å². The fourth-order valence-corrected chi connectivity index (χ4v) is 2.37. The minimum absolute atomic E-state index is 0.00188. The van der Waals surface area contributed by atoms with Crippen molar-refractivity contribution in [3.8, 4) is 0 Å². The lowest BCUT2D eigenvalue weighted by Gasteiger charge is -2.26. The molecular weight excluding hydrogens is 210 g/mol. The normalized spacial score (nSPS) is 26.2. The first-order chi connectivity index (χ1) is 7.25. The summed E-state index contributed by atoms with van der Waals surface area (Å²) in [4.78, 5) is 16.3. The van der Waals surface area contributed by atoms with Crippen LogP contribution >= 0.6 is 11.3 Å². The molecule has 0 saturated heterocycles. The molecule has 0 aliphatic heterocycles. The molecule has 15 heavy (non-hydrogen) atoms. The predicted molar refractivity (Wildman–Crippen MR) is 59.8 cm³/mol. The van der Waals surface area contributed by atoms with E-state index in [1.807, 2.05) is 0 Å². The summed E-state index contributed by atoms with van der Waals surface area (Å²) in [6.07, 6.45) is 5.60. The van der Waals surface area contributed by atoms with Gasteiger partial charge in [0.25, 0.3) is 5.91 Å². The minimum Gasteiger partial charge on any atom is -0.349 e. The van der Waals surface area contributed by atoms with Crippen molar-refractivity contribution < 1.29 is 4.79 Å². The van der Waals surface area contributed by atoms with Gasteiger partial charge < -0.3 is 11.1 Å². The summed E-state index contributed by atoms with van der Waals surface area (Å²) >= 11 is 1.37. The first kappa shape index (κ1) is 10.6. The van der Waals surface area contributed by atoms with Gasteiger partial charge in [-0.15, -0.1) is 11.3 Å². The molecule has 1 saturated carbocycles. The Hall–Kier alpha value is -0.940. The molecule has 0 aromatic carbocycles. The molecule has 4 nitrogen and oxygen atoms in total. The van der Waals surface area contributed by atoms with Crippen LogP contribution in [0.1, 0.15) is 35.4 Å². The molecule has 0 spiro atoms. The lowest BCUT2D eigenvalue weighted by atomic mass is 9.92. The molecule has 82 valence electrons. The van der Waals surface area contributed by atoms with Gasteiger partial charge >= 0.3 is 0 Å². The van der Waals surface area contributed by atoms with Crippen LogP contribution in [0.3, 0.4) is 0 Å². The average molecular weight is 225 g/mol. The lowest BCUT2D eigenvalue weighted by Crippen LogP contribution is -2.40. The maximum atomic E-state index is 11.7. The van der Waals surface area contributed by atoms with Gasteiger partial charge in [0.05, 0.1) is 11.7 Å². The molecule has 1 aromatic rings. The van der Waals surface area contributed by atoms with E-state index < -0.39 is 0 Å². The van der Waals surface area contributed by atoms with Gasteiger partial charge in [-0.25, -0.2) is 0 Å². The molecule has 0 bridgehead atoms. The zero-order valence-electron chi connectivity index (χ0n) is 8.48. The number of hydrogen-bond acceptors (Lipinski definition) is 4. The molecule has 1 heterocycles. The summed E-state index contributed by atoms with van der Waals surface area (Å²) in [5, 5.41) is 3.02. The van der Waals surface area contributed by atoms with Crippen LogP contribution in [0.15, 0.2) is 11.7 Å². The second-order valence-corrected chi connectivity index (χ2v) is 4.84. The highest BCUT2D eigenvalue weighted by Crippen LogP contribution is 2.17. The Balaban J connectivity index is 1.85. The van der Waals surface area contributed by atoms with Crippen LogP contribution in [0.4, 0.5) is 0 Å². The number of carbonyl (C=O) groups excluding carboxylic acids is 1. The Morgan fingerprint density at radius 2 is 2.20 bits per heavy atom. The predicted octanol–water partition coefficient (Wildman–Crippen LogP) is 1.14. The molecule has 1 amide bonds. The van der Waals surface area contributed by atoms with Crippen molar-refractivity contribution in [1.82, 2.24) is 10.3 Å². The second-order valence-electron chi connectivity index (χ2n) is 3.95. The smallest absolute Gasteiger partial charge is 0.263 e. The summed E-state index contributed by atoms with van der Waals surface area (Å²) in [6, 6.07) is 0.612. The van der Waals surface area contributed by atoms with Crippen LogP contribution < -0.4 is 11.1 Å². The van der Waals surface area contributed by atoms with Crippen LogP contribution in [-0.4, -0.2) is 23.0 Å². The highest BCUT2D eigenvalue weighted by molar-refractivity contribution is 7.11. The molecule has 1 aliphatic rings. The van der Waals surface area contributed by atoms with E-state index in [1.54, 1.807) is 11.7 Å². The van der Waals surface area contributed by atoms with Crippen molar-refractivity contribution in [2.24, 2.45) is 5.73 Å². The largest absolute Gasteiger partial charge is 0.349 e. The fraction of sp³-hybridized carbons (Fsp3) is 0.600. The summed E-state index contributed by atoms with van der Waals surface area (Å²) in [5.74, 6) is -0.00188. The molecule has 0 unspecified atom stereocenters. The van der Waals surface area contributed by atoms with Crippen molar-refractivity contribution in [3.63, 3.8) is 0 Å². The van der Waals surface area contributed by atoms with Crippen LogP contribution in [0, 0.1) is 0 Å². The van der Waals surface area contributed by atoms with Gasteiger partial charge in [-0.1, -0.05) is 0 Å². The van der Waals surface area contributed by atoms with Gasteiger partial charge in [0.1, 0.15) is 4.88 Å². The van der Waals surface area contributed by atoms with Crippen molar-refractivity contribution in [2.75, 3.05) is 0 Å². The SMILES string of the molecule is N[C@H]1CC[C@H](NC(=O)c2cncs2)CC1. The number of amides is 1. The maximum Gasteiger partial charge on any atom is 0.263 e. The number of hydrogen-bond donors (Lipinski definition) is 2. The van der Waals surface area contributed by atoms with Crippen LogP contribution in [0.2, 0.25) is 0 Å². The van der Waals surface area contributed by atoms with E-state index in [9.17, 15) is 4.79 Å². The van der Waals surface area contributed by atoms with Crippen molar-refractivity contribution in [2.45, 2.75) is 37.8 Å². The molecule has 1 aromatic heterocycles. The zero-order valence-corrected chi connectivity index (χ0v) is 9.30. The molecule has 1 aliphatic carbocycles. The van der Waals surface area contributed by atoms with Gasteiger partial charge in [-0.3, -0.25) is 9.78 Å². The van der Waals surface area contributed by atoms with Gasteiger partial charge in [0, 0.05) is 12.1 Å². The molecule has 1 fully saturated rings. The molecule has 0 radical (unpaired) electrons. The third kappa shape index (κ3) is 2.76. The van der Waals surface area contributed by atoms with E-state index in [0.29, 0.717) is 17.0 Å². The van der Waals surface area contributed by atoms with Gasteiger partial charge in [0.15, 0.2) is 0 Å². The zero-order chi connectivity index (χ0) is 10.7. The van der Waals surface area contributed by atoms with Gasteiger partial charge in [-0.05, 0) is 25.7 Å². The number of thiazole rings is 1. The number of rotatable bonds is 2. The molecule has 0 atom stereocenters. The van der Waals surface area contributed by atoms with Crippen molar-refractivity contribution >= 4 is 17.2 Å². The van der Waals surface area contributed by atoms with E-state index >= 15 is 0 Å². The number of aromatic nitrogens is 1. The van der Waals surface area contributed by atoms with Gasteiger partial charge in [0.2, 0.25) is 0 Å². The Morgan fingerprint density at radius 3 is 2.80 bits per heavy atom. The minimum atomic E-state index is -0.00188. The summed E-state index contributed by atoms with van der Waals surface area (Å²) in [5.41, 5.74) is 7.47. The number of nitrogens with one attached hydrogen (secondary N) is 1. The topological polar surface area (TPSA) is 68.0 Å². The summed E-state index contributed by atoms with van der Waals surface area (Å²) in [7, 11) is 0. The monoisotopic (exact) mass is 225 g/mol. The van der Waals surface area contributed by atoms with E-state index in [4.69, 9.17) is 5.73 Å². The van der Waals surface area contributed by atoms with Crippen LogP contribution in [0.25, 0.3) is 0 Å². The van der Waals surface area contributed by atoms with Gasteiger partial charge in [-0.2, -0.15) is 0 Å². The standard InChI is InChI=1S/C10H15N3OS/c11-7-1-3-8(4-2-7)13-10(14)9-5-12-6-15-9/h5-8H,1-4,11H2,(H,13,14)/t7-,8-. The number of nitrogens with two attached hydrogens (primary N) is 1.